The largest absolute Gasteiger partial charge is 0.479 e. The molecule has 0 saturated heterocycles. The van der Waals surface area contributed by atoms with E-state index in [2.05, 4.69) is 27.3 Å². The van der Waals surface area contributed by atoms with Crippen molar-refractivity contribution >= 4 is 61.8 Å². The van der Waals surface area contributed by atoms with Crippen LogP contribution in [-0.4, -0.2) is 23.6 Å². The number of anilines is 1. The molecular weight excluding hydrogens is 506 g/mol. The number of carbonyl (C=O) groups is 2. The quantitative estimate of drug-likeness (QED) is 0.411. The molecule has 2 N–H and O–H groups in total. The first kappa shape index (κ1) is 22.8. The number of carbonyl (C=O) groups excluding carboxylic acids is 1. The first-order valence-electron chi connectivity index (χ1n) is 9.15. The van der Waals surface area contributed by atoms with E-state index in [9.17, 15) is 20.1 Å². The Bertz CT molecular complexity index is 1150. The van der Waals surface area contributed by atoms with Gasteiger partial charge in [-0.05, 0) is 70.9 Å². The SMILES string of the molecule is N#C/C(=C\c1cc(Cl)c(OCC(=O)O)c(Br)c1)C(=O)Nc1sc2c(c1C#N)CCCC2. The Labute approximate surface area is 195 Å². The highest BCUT2D eigenvalue weighted by Gasteiger charge is 2.23. The maximum Gasteiger partial charge on any atom is 0.341 e. The molecule has 1 aromatic heterocycles. The Balaban J connectivity index is 1.85. The van der Waals surface area contributed by atoms with E-state index >= 15 is 0 Å². The topological polar surface area (TPSA) is 123 Å². The predicted octanol–water partition coefficient (Wildman–Crippen LogP) is 4.92. The number of nitrogens with zero attached hydrogens (tertiary/aromatic N) is 2. The number of hydrogen-bond donors (Lipinski definition) is 2. The number of fused-ring (bicyclic) bond motifs is 1. The lowest BCUT2D eigenvalue weighted by atomic mass is 9.96. The number of hydrogen-bond acceptors (Lipinski definition) is 6. The van der Waals surface area contributed by atoms with Gasteiger partial charge in [0.15, 0.2) is 12.4 Å². The fraction of sp³-hybridized carbons (Fsp3) is 0.238. The van der Waals surface area contributed by atoms with Crippen LogP contribution in [0.25, 0.3) is 6.08 Å². The monoisotopic (exact) mass is 519 g/mol. The number of thiophene rings is 1. The summed E-state index contributed by atoms with van der Waals surface area (Å²) in [4.78, 5) is 24.5. The van der Waals surface area contributed by atoms with Gasteiger partial charge < -0.3 is 15.2 Å². The number of aryl methyl sites for hydroxylation is 1. The van der Waals surface area contributed by atoms with E-state index in [1.54, 1.807) is 6.07 Å². The van der Waals surface area contributed by atoms with Gasteiger partial charge in [0.25, 0.3) is 5.91 Å². The van der Waals surface area contributed by atoms with Crippen LogP contribution in [-0.2, 0) is 22.4 Å². The van der Waals surface area contributed by atoms with Gasteiger partial charge in [0.05, 0.1) is 15.1 Å². The molecular formula is C21H15BrClN3O4S. The van der Waals surface area contributed by atoms with Crippen LogP contribution in [0.3, 0.4) is 0 Å². The molecule has 0 saturated carbocycles. The average molecular weight is 521 g/mol. The van der Waals surface area contributed by atoms with Crippen LogP contribution in [0, 0.1) is 22.7 Å². The highest BCUT2D eigenvalue weighted by molar-refractivity contribution is 9.10. The number of nitrogens with one attached hydrogen (secondary N) is 1. The van der Waals surface area contributed by atoms with Crippen LogP contribution in [0.4, 0.5) is 5.00 Å². The summed E-state index contributed by atoms with van der Waals surface area (Å²) in [6.45, 7) is -0.564. The fourth-order valence-electron chi connectivity index (χ4n) is 3.19. The summed E-state index contributed by atoms with van der Waals surface area (Å²) in [5, 5.41) is 31.0. The molecule has 2 aromatic rings. The highest BCUT2D eigenvalue weighted by atomic mass is 79.9. The van der Waals surface area contributed by atoms with E-state index < -0.39 is 18.5 Å². The molecule has 158 valence electrons. The smallest absolute Gasteiger partial charge is 0.341 e. The van der Waals surface area contributed by atoms with Crippen LogP contribution in [0.1, 0.15) is 34.4 Å². The number of carboxylic acids is 1. The van der Waals surface area contributed by atoms with Crippen LogP contribution >= 0.6 is 38.9 Å². The number of nitriles is 2. The molecule has 1 aromatic carbocycles. The summed E-state index contributed by atoms with van der Waals surface area (Å²) in [7, 11) is 0. The molecule has 1 heterocycles. The lowest BCUT2D eigenvalue weighted by Gasteiger charge is -2.09. The Hall–Kier alpha value is -2.85. The normalized spacial score (nSPS) is 13.0. The van der Waals surface area contributed by atoms with Gasteiger partial charge >= 0.3 is 5.97 Å². The number of ether oxygens (including phenoxy) is 1. The number of aliphatic carboxylic acids is 1. The van der Waals surface area contributed by atoms with Gasteiger partial charge in [0, 0.05) is 4.88 Å². The Kier molecular flexibility index (Phi) is 7.34. The summed E-state index contributed by atoms with van der Waals surface area (Å²) in [6, 6.07) is 7.05. The highest BCUT2D eigenvalue weighted by Crippen LogP contribution is 2.38. The second-order valence-electron chi connectivity index (χ2n) is 6.65. The van der Waals surface area contributed by atoms with E-state index in [0.717, 1.165) is 36.1 Å². The average Bonchev–Trinajstić information content (AvgIpc) is 3.07. The zero-order chi connectivity index (χ0) is 22.5. The summed E-state index contributed by atoms with van der Waals surface area (Å²) in [5.74, 6) is -1.63. The number of halogens is 2. The molecule has 0 bridgehead atoms. The van der Waals surface area contributed by atoms with Crippen molar-refractivity contribution in [3.8, 4) is 17.9 Å². The number of benzene rings is 1. The molecule has 7 nitrogen and oxygen atoms in total. The van der Waals surface area contributed by atoms with E-state index in [1.807, 2.05) is 6.07 Å². The van der Waals surface area contributed by atoms with Crippen LogP contribution in [0.5, 0.6) is 5.75 Å². The van der Waals surface area contributed by atoms with E-state index in [1.165, 1.54) is 23.5 Å². The van der Waals surface area contributed by atoms with Gasteiger partial charge in [-0.25, -0.2) is 4.79 Å². The van der Waals surface area contributed by atoms with E-state index in [0.29, 0.717) is 20.6 Å². The molecule has 10 heteroatoms. The molecule has 0 spiro atoms. The molecule has 31 heavy (non-hydrogen) atoms. The van der Waals surface area contributed by atoms with Gasteiger partial charge in [-0.1, -0.05) is 11.6 Å². The molecule has 1 aliphatic carbocycles. The van der Waals surface area contributed by atoms with Crippen molar-refractivity contribution in [2.45, 2.75) is 25.7 Å². The van der Waals surface area contributed by atoms with Crippen molar-refractivity contribution in [1.29, 1.82) is 10.5 Å². The molecule has 1 aliphatic rings. The Morgan fingerprint density at radius 1 is 1.32 bits per heavy atom. The third-order valence-corrected chi connectivity index (χ3v) is 6.62. The first-order chi connectivity index (χ1) is 14.8. The molecule has 0 radical (unpaired) electrons. The predicted molar refractivity (Wildman–Crippen MR) is 120 cm³/mol. The van der Waals surface area contributed by atoms with Crippen molar-refractivity contribution in [2.24, 2.45) is 0 Å². The minimum Gasteiger partial charge on any atom is -0.479 e. The minimum absolute atomic E-state index is 0.122. The van der Waals surface area contributed by atoms with Gasteiger partial charge in [-0.15, -0.1) is 11.3 Å². The van der Waals surface area contributed by atoms with Crippen molar-refractivity contribution < 1.29 is 19.4 Å². The Morgan fingerprint density at radius 2 is 2.06 bits per heavy atom. The fourth-order valence-corrected chi connectivity index (χ4v) is 5.42. The van der Waals surface area contributed by atoms with Crippen LogP contribution in [0.2, 0.25) is 5.02 Å². The molecule has 0 aliphatic heterocycles. The van der Waals surface area contributed by atoms with Gasteiger partial charge in [0.2, 0.25) is 0 Å². The summed E-state index contributed by atoms with van der Waals surface area (Å²) in [5.41, 5.74) is 1.73. The molecule has 0 atom stereocenters. The third kappa shape index (κ3) is 5.26. The zero-order valence-electron chi connectivity index (χ0n) is 16.0. The lowest BCUT2D eigenvalue weighted by Crippen LogP contribution is -2.13. The lowest BCUT2D eigenvalue weighted by molar-refractivity contribution is -0.139. The summed E-state index contributed by atoms with van der Waals surface area (Å²) < 4.78 is 5.51. The van der Waals surface area contributed by atoms with E-state index in [4.69, 9.17) is 21.4 Å². The summed E-state index contributed by atoms with van der Waals surface area (Å²) >= 11 is 10.8. The van der Waals surface area contributed by atoms with Crippen molar-refractivity contribution in [1.82, 2.24) is 0 Å². The van der Waals surface area contributed by atoms with Crippen molar-refractivity contribution in [3.63, 3.8) is 0 Å². The minimum atomic E-state index is -1.15. The maximum atomic E-state index is 12.7. The van der Waals surface area contributed by atoms with Crippen molar-refractivity contribution in [2.75, 3.05) is 11.9 Å². The molecule has 3 rings (SSSR count). The standard InChI is InChI=1S/C21H15BrClN3O4S/c22-15-6-11(7-16(23)19(15)30-10-18(27)28)5-12(8-24)20(29)26-21-14(9-25)13-3-1-2-4-17(13)31-21/h5-7H,1-4,10H2,(H,26,29)(H,27,28)/b12-5+. The molecule has 0 unspecified atom stereocenters. The van der Waals surface area contributed by atoms with Crippen LogP contribution < -0.4 is 10.1 Å². The second kappa shape index (κ2) is 9.97. The van der Waals surface area contributed by atoms with Gasteiger partial charge in [0.1, 0.15) is 22.7 Å². The van der Waals surface area contributed by atoms with Gasteiger partial charge in [-0.2, -0.15) is 10.5 Å². The molecule has 0 fully saturated rings. The second-order valence-corrected chi connectivity index (χ2v) is 9.01. The zero-order valence-corrected chi connectivity index (χ0v) is 19.2. The summed E-state index contributed by atoms with van der Waals surface area (Å²) in [6.07, 6.45) is 5.11. The van der Waals surface area contributed by atoms with E-state index in [-0.39, 0.29) is 16.3 Å². The number of carboxylic acid groups (broad SMARTS) is 1. The molecule has 1 amide bonds. The number of amides is 1. The number of rotatable bonds is 6. The maximum absolute atomic E-state index is 12.7. The third-order valence-electron chi connectivity index (χ3n) is 4.55. The first-order valence-corrected chi connectivity index (χ1v) is 11.1. The Morgan fingerprint density at radius 3 is 2.71 bits per heavy atom. The van der Waals surface area contributed by atoms with Crippen LogP contribution in [0.15, 0.2) is 22.2 Å². The van der Waals surface area contributed by atoms with Crippen molar-refractivity contribution in [3.05, 3.63) is 48.8 Å². The van der Waals surface area contributed by atoms with Gasteiger partial charge in [-0.3, -0.25) is 4.79 Å².